The summed E-state index contributed by atoms with van der Waals surface area (Å²) in [4.78, 5) is 22.5. The van der Waals surface area contributed by atoms with Crippen molar-refractivity contribution in [2.45, 2.75) is 25.1 Å². The van der Waals surface area contributed by atoms with Crippen LogP contribution in [-0.2, 0) is 19.1 Å². The predicted molar refractivity (Wildman–Crippen MR) is 80.1 cm³/mol. The molecule has 0 bridgehead atoms. The molecule has 0 aliphatic rings. The van der Waals surface area contributed by atoms with Gasteiger partial charge in [0, 0.05) is 5.92 Å². The Morgan fingerprint density at radius 2 is 1.65 bits per heavy atom. The molecule has 0 spiro atoms. The van der Waals surface area contributed by atoms with Gasteiger partial charge in [0.05, 0.1) is 25.6 Å². The number of ether oxygens (including phenoxy) is 2. The van der Waals surface area contributed by atoms with E-state index in [-0.39, 0.29) is 24.1 Å². The maximum atomic E-state index is 11.9. The molecule has 0 N–H and O–H groups in total. The summed E-state index contributed by atoms with van der Waals surface area (Å²) in [5, 5.41) is 0. The van der Waals surface area contributed by atoms with Gasteiger partial charge >= 0.3 is 11.9 Å². The summed E-state index contributed by atoms with van der Waals surface area (Å²) < 4.78 is 9.60. The molecule has 8 heteroatoms. The molecule has 0 amide bonds. The third-order valence-electron chi connectivity index (χ3n) is 2.36. The number of hydrogen-bond acceptors (Lipinski definition) is 4. The van der Waals surface area contributed by atoms with Crippen LogP contribution in [0.25, 0.3) is 0 Å². The van der Waals surface area contributed by atoms with E-state index in [1.165, 1.54) is 6.08 Å². The molecule has 0 saturated carbocycles. The fraction of sp³-hybridized carbons (Fsp3) is 0.667. The number of hydrogen-bond donors (Lipinski definition) is 0. The summed E-state index contributed by atoms with van der Waals surface area (Å²) >= 11 is 22.8. The largest absolute Gasteiger partial charge is 0.466 e. The average molecular weight is 366 g/mol. The van der Waals surface area contributed by atoms with Gasteiger partial charge in [0.25, 0.3) is 0 Å². The molecular formula is C12H16Cl4O4. The van der Waals surface area contributed by atoms with Gasteiger partial charge in [-0.25, -0.2) is 0 Å². The molecule has 0 aromatic heterocycles. The number of alkyl halides is 2. The first-order valence-corrected chi connectivity index (χ1v) is 7.59. The van der Waals surface area contributed by atoms with Crippen LogP contribution in [0.5, 0.6) is 0 Å². The van der Waals surface area contributed by atoms with Crippen LogP contribution in [0.15, 0.2) is 10.6 Å². The third kappa shape index (κ3) is 7.58. The highest BCUT2D eigenvalue weighted by molar-refractivity contribution is 6.56. The Morgan fingerprint density at radius 1 is 1.10 bits per heavy atom. The summed E-state index contributed by atoms with van der Waals surface area (Å²) in [5.41, 5.74) is 0. The van der Waals surface area contributed by atoms with Crippen molar-refractivity contribution in [2.75, 3.05) is 13.2 Å². The minimum absolute atomic E-state index is 0.133. The molecule has 2 atom stereocenters. The second-order valence-corrected chi connectivity index (χ2v) is 5.91. The van der Waals surface area contributed by atoms with Crippen molar-refractivity contribution in [3.63, 3.8) is 0 Å². The lowest BCUT2D eigenvalue weighted by molar-refractivity contribution is -0.149. The van der Waals surface area contributed by atoms with Crippen molar-refractivity contribution < 1.29 is 19.1 Å². The van der Waals surface area contributed by atoms with E-state index in [0.717, 1.165) is 0 Å². The van der Waals surface area contributed by atoms with Crippen molar-refractivity contribution in [3.05, 3.63) is 10.6 Å². The maximum absolute atomic E-state index is 11.9. The number of carbonyl (C=O) groups is 2. The molecule has 0 rings (SSSR count). The van der Waals surface area contributed by atoms with E-state index < -0.39 is 28.6 Å². The molecule has 0 aliphatic carbocycles. The van der Waals surface area contributed by atoms with E-state index in [1.54, 1.807) is 13.8 Å². The fourth-order valence-electron chi connectivity index (χ4n) is 1.53. The highest BCUT2D eigenvalue weighted by atomic mass is 35.5. The van der Waals surface area contributed by atoms with Crippen LogP contribution in [0.2, 0.25) is 0 Å². The van der Waals surface area contributed by atoms with E-state index in [1.807, 2.05) is 0 Å². The Balaban J connectivity index is 5.16. The van der Waals surface area contributed by atoms with Gasteiger partial charge in [-0.2, -0.15) is 0 Å². The van der Waals surface area contributed by atoms with Crippen LogP contribution >= 0.6 is 46.4 Å². The van der Waals surface area contributed by atoms with E-state index >= 15 is 0 Å². The smallest absolute Gasteiger partial charge is 0.313 e. The van der Waals surface area contributed by atoms with Crippen molar-refractivity contribution in [2.24, 2.45) is 11.8 Å². The first-order valence-electron chi connectivity index (χ1n) is 5.96. The molecule has 4 nitrogen and oxygen atoms in total. The zero-order chi connectivity index (χ0) is 15.7. The Labute approximate surface area is 138 Å². The predicted octanol–water partition coefficient (Wildman–Crippen LogP) is 3.86. The molecule has 0 aromatic rings. The Kier molecular flexibility index (Phi) is 10.5. The highest BCUT2D eigenvalue weighted by Crippen LogP contribution is 2.31. The van der Waals surface area contributed by atoms with E-state index in [2.05, 4.69) is 0 Å². The second kappa shape index (κ2) is 10.6. The molecule has 0 heterocycles. The SMILES string of the molecule is CCOC(=O)C[C@H](C(Cl)Cl)[C@H](C=C(Cl)Cl)C(=O)OCC. The zero-order valence-electron chi connectivity index (χ0n) is 11.1. The van der Waals surface area contributed by atoms with Gasteiger partial charge in [-0.05, 0) is 19.9 Å². The standard InChI is InChI=1S/C12H16Cl4O4/c1-3-19-10(17)6-7(11(15)16)8(5-9(13)14)12(18)20-4-2/h5,7-8,11H,3-4,6H2,1-2H3/t7-,8-/m0/s1. The molecule has 0 fully saturated rings. The lowest BCUT2D eigenvalue weighted by atomic mass is 9.91. The molecule has 0 aliphatic heterocycles. The minimum atomic E-state index is -0.988. The summed E-state index contributed by atoms with van der Waals surface area (Å²) in [6, 6.07) is 0. The maximum Gasteiger partial charge on any atom is 0.313 e. The van der Waals surface area contributed by atoms with Gasteiger partial charge in [0.2, 0.25) is 0 Å². The van der Waals surface area contributed by atoms with Gasteiger partial charge in [-0.3, -0.25) is 9.59 Å². The summed E-state index contributed by atoms with van der Waals surface area (Å²) in [6.45, 7) is 3.71. The third-order valence-corrected chi connectivity index (χ3v) is 3.26. The normalized spacial score (nSPS) is 13.6. The van der Waals surface area contributed by atoms with Crippen LogP contribution in [0.3, 0.4) is 0 Å². The van der Waals surface area contributed by atoms with Gasteiger partial charge in [-0.15, -0.1) is 23.2 Å². The number of carbonyl (C=O) groups excluding carboxylic acids is 2. The first kappa shape index (κ1) is 19.8. The number of halogens is 4. The van der Waals surface area contributed by atoms with Crippen LogP contribution in [0.4, 0.5) is 0 Å². The van der Waals surface area contributed by atoms with Crippen LogP contribution < -0.4 is 0 Å². The lowest BCUT2D eigenvalue weighted by Gasteiger charge is -2.23. The number of esters is 2. The van der Waals surface area contributed by atoms with Crippen LogP contribution in [-0.4, -0.2) is 30.0 Å². The summed E-state index contributed by atoms with van der Waals surface area (Å²) in [6.07, 6.45) is 1.11. The molecule has 0 radical (unpaired) electrons. The zero-order valence-corrected chi connectivity index (χ0v) is 14.1. The second-order valence-electron chi connectivity index (χ2n) is 3.74. The van der Waals surface area contributed by atoms with E-state index in [9.17, 15) is 9.59 Å². The van der Waals surface area contributed by atoms with Crippen molar-refractivity contribution >= 4 is 58.3 Å². The van der Waals surface area contributed by atoms with Crippen molar-refractivity contribution in [1.29, 1.82) is 0 Å². The van der Waals surface area contributed by atoms with Gasteiger partial charge < -0.3 is 9.47 Å². The monoisotopic (exact) mass is 364 g/mol. The molecule has 0 unspecified atom stereocenters. The minimum Gasteiger partial charge on any atom is -0.466 e. The Hall–Kier alpha value is -0.160. The van der Waals surface area contributed by atoms with Gasteiger partial charge in [0.15, 0.2) is 0 Å². The van der Waals surface area contributed by atoms with E-state index in [0.29, 0.717) is 0 Å². The molecular weight excluding hydrogens is 350 g/mol. The van der Waals surface area contributed by atoms with E-state index in [4.69, 9.17) is 55.9 Å². The fourth-order valence-corrected chi connectivity index (χ4v) is 2.29. The van der Waals surface area contributed by atoms with Crippen LogP contribution in [0, 0.1) is 11.8 Å². The lowest BCUT2D eigenvalue weighted by Crippen LogP contribution is -2.31. The van der Waals surface area contributed by atoms with Gasteiger partial charge in [0.1, 0.15) is 9.33 Å². The Morgan fingerprint density at radius 3 is 2.05 bits per heavy atom. The highest BCUT2D eigenvalue weighted by Gasteiger charge is 2.34. The molecule has 20 heavy (non-hydrogen) atoms. The quantitative estimate of drug-likeness (QED) is 0.484. The number of rotatable bonds is 8. The summed E-state index contributed by atoms with van der Waals surface area (Å²) in [5.74, 6) is -2.79. The summed E-state index contributed by atoms with van der Waals surface area (Å²) in [7, 11) is 0. The molecule has 0 saturated heterocycles. The van der Waals surface area contributed by atoms with Crippen LogP contribution in [0.1, 0.15) is 20.3 Å². The molecule has 116 valence electrons. The first-order chi connectivity index (χ1) is 9.33. The van der Waals surface area contributed by atoms with Crippen molar-refractivity contribution in [1.82, 2.24) is 0 Å². The average Bonchev–Trinajstić information content (AvgIpc) is 2.33. The topological polar surface area (TPSA) is 52.6 Å². The Bertz CT molecular complexity index is 353. The molecule has 0 aromatic carbocycles. The van der Waals surface area contributed by atoms with Crippen molar-refractivity contribution in [3.8, 4) is 0 Å². The van der Waals surface area contributed by atoms with Gasteiger partial charge in [-0.1, -0.05) is 23.2 Å².